The Labute approximate surface area is 122 Å². The van der Waals surface area contributed by atoms with Gasteiger partial charge in [-0.25, -0.2) is 0 Å². The summed E-state index contributed by atoms with van der Waals surface area (Å²) in [6.45, 7) is 5.80. The lowest BCUT2D eigenvalue weighted by molar-refractivity contribution is -0.133. The van der Waals surface area contributed by atoms with E-state index in [-0.39, 0.29) is 5.91 Å². The molecule has 110 valence electrons. The Kier molecular flexibility index (Phi) is 5.60. The minimum Gasteiger partial charge on any atom is -0.336 e. The van der Waals surface area contributed by atoms with E-state index in [1.165, 1.54) is 18.4 Å². The summed E-state index contributed by atoms with van der Waals surface area (Å²) in [7, 11) is 0. The van der Waals surface area contributed by atoms with Gasteiger partial charge in [0.25, 0.3) is 0 Å². The predicted octanol–water partition coefficient (Wildman–Crippen LogP) is 2.96. The van der Waals surface area contributed by atoms with Crippen molar-refractivity contribution in [2.45, 2.75) is 58.2 Å². The Balaban J connectivity index is 1.89. The monoisotopic (exact) mass is 274 g/mol. The maximum atomic E-state index is 12.4. The molecule has 0 aliphatic heterocycles. The number of nitrogens with one attached hydrogen (secondary N) is 1. The number of benzene rings is 1. The number of carbonyl (C=O) groups excluding carboxylic acids is 1. The van der Waals surface area contributed by atoms with Gasteiger partial charge < -0.3 is 10.2 Å². The molecule has 1 saturated carbocycles. The van der Waals surface area contributed by atoms with Crippen molar-refractivity contribution in [3.05, 3.63) is 35.9 Å². The van der Waals surface area contributed by atoms with Gasteiger partial charge in [-0.1, -0.05) is 37.3 Å². The second-order valence-corrected chi connectivity index (χ2v) is 5.74. The van der Waals surface area contributed by atoms with E-state index in [9.17, 15) is 4.79 Å². The van der Waals surface area contributed by atoms with Crippen LogP contribution in [0.4, 0.5) is 0 Å². The molecule has 0 radical (unpaired) electrons. The Morgan fingerprint density at radius 1 is 1.35 bits per heavy atom. The molecule has 3 heteroatoms. The third-order valence-electron chi connectivity index (χ3n) is 3.99. The van der Waals surface area contributed by atoms with Crippen molar-refractivity contribution in [3.63, 3.8) is 0 Å². The van der Waals surface area contributed by atoms with Crippen LogP contribution in [-0.4, -0.2) is 29.4 Å². The molecule has 1 aliphatic rings. The highest BCUT2D eigenvalue weighted by atomic mass is 16.2. The molecule has 20 heavy (non-hydrogen) atoms. The predicted molar refractivity (Wildman–Crippen MR) is 82.4 cm³/mol. The fourth-order valence-corrected chi connectivity index (χ4v) is 2.30. The van der Waals surface area contributed by atoms with E-state index in [0.717, 1.165) is 19.5 Å². The number of hydrogen-bond donors (Lipinski definition) is 1. The molecule has 0 spiro atoms. The van der Waals surface area contributed by atoms with Crippen LogP contribution in [0.2, 0.25) is 0 Å². The molecule has 1 N–H and O–H groups in total. The minimum atomic E-state index is 0.261. The first-order chi connectivity index (χ1) is 9.70. The van der Waals surface area contributed by atoms with E-state index in [0.29, 0.717) is 18.5 Å². The summed E-state index contributed by atoms with van der Waals surface area (Å²) in [5.74, 6) is 0.261. The average Bonchev–Trinajstić information content (AvgIpc) is 3.29. The zero-order valence-corrected chi connectivity index (χ0v) is 12.6. The molecule has 0 bridgehead atoms. The van der Waals surface area contributed by atoms with Gasteiger partial charge in [0.05, 0.1) is 0 Å². The number of nitrogens with zero attached hydrogens (tertiary/aromatic N) is 1. The third-order valence-corrected chi connectivity index (χ3v) is 3.99. The molecule has 0 aromatic heterocycles. The van der Waals surface area contributed by atoms with Crippen LogP contribution >= 0.6 is 0 Å². The van der Waals surface area contributed by atoms with Crippen molar-refractivity contribution in [3.8, 4) is 0 Å². The molecular weight excluding hydrogens is 248 g/mol. The molecule has 0 saturated heterocycles. The fourth-order valence-electron chi connectivity index (χ4n) is 2.30. The number of carbonyl (C=O) groups is 1. The highest BCUT2D eigenvalue weighted by Crippen LogP contribution is 2.18. The van der Waals surface area contributed by atoms with Crippen molar-refractivity contribution in [2.24, 2.45) is 0 Å². The smallest absolute Gasteiger partial charge is 0.224 e. The molecule has 1 fully saturated rings. The minimum absolute atomic E-state index is 0.261. The van der Waals surface area contributed by atoms with E-state index in [1.807, 2.05) is 23.1 Å². The van der Waals surface area contributed by atoms with E-state index >= 15 is 0 Å². The highest BCUT2D eigenvalue weighted by molar-refractivity contribution is 5.76. The largest absolute Gasteiger partial charge is 0.336 e. The Bertz CT molecular complexity index is 414. The summed E-state index contributed by atoms with van der Waals surface area (Å²) in [4.78, 5) is 14.5. The van der Waals surface area contributed by atoms with Gasteiger partial charge in [0, 0.05) is 31.6 Å². The van der Waals surface area contributed by atoms with Crippen LogP contribution < -0.4 is 5.32 Å². The third kappa shape index (κ3) is 4.64. The summed E-state index contributed by atoms with van der Waals surface area (Å²) >= 11 is 0. The lowest BCUT2D eigenvalue weighted by Crippen LogP contribution is -2.39. The second-order valence-electron chi connectivity index (χ2n) is 5.74. The molecule has 2 rings (SSSR count). The van der Waals surface area contributed by atoms with Crippen LogP contribution in [0.3, 0.4) is 0 Å². The number of amides is 1. The lowest BCUT2D eigenvalue weighted by Gasteiger charge is -2.29. The highest BCUT2D eigenvalue weighted by Gasteiger charge is 2.22. The van der Waals surface area contributed by atoms with Crippen LogP contribution in [0.15, 0.2) is 30.3 Å². The van der Waals surface area contributed by atoms with E-state index in [2.05, 4.69) is 31.3 Å². The summed E-state index contributed by atoms with van der Waals surface area (Å²) in [5, 5.41) is 3.42. The Morgan fingerprint density at radius 2 is 2.05 bits per heavy atom. The molecule has 3 nitrogen and oxygen atoms in total. The van der Waals surface area contributed by atoms with Crippen molar-refractivity contribution in [1.82, 2.24) is 10.2 Å². The van der Waals surface area contributed by atoms with Gasteiger partial charge in [-0.15, -0.1) is 0 Å². The van der Waals surface area contributed by atoms with E-state index in [4.69, 9.17) is 0 Å². The topological polar surface area (TPSA) is 32.3 Å². The zero-order chi connectivity index (χ0) is 14.4. The van der Waals surface area contributed by atoms with Gasteiger partial charge in [0.1, 0.15) is 0 Å². The second kappa shape index (κ2) is 7.44. The molecule has 1 aromatic rings. The van der Waals surface area contributed by atoms with Gasteiger partial charge in [0.15, 0.2) is 0 Å². The first-order valence-corrected chi connectivity index (χ1v) is 7.77. The molecule has 1 amide bonds. The van der Waals surface area contributed by atoms with Crippen LogP contribution in [0, 0.1) is 0 Å². The van der Waals surface area contributed by atoms with E-state index < -0.39 is 0 Å². The fraction of sp³-hybridized carbons (Fsp3) is 0.588. The average molecular weight is 274 g/mol. The van der Waals surface area contributed by atoms with Gasteiger partial charge in [0.2, 0.25) is 5.91 Å². The van der Waals surface area contributed by atoms with Gasteiger partial charge in [-0.3, -0.25) is 4.79 Å². The first-order valence-electron chi connectivity index (χ1n) is 7.77. The quantitative estimate of drug-likeness (QED) is 0.790. The maximum Gasteiger partial charge on any atom is 0.224 e. The first kappa shape index (κ1) is 15.0. The van der Waals surface area contributed by atoms with Crippen molar-refractivity contribution >= 4 is 5.91 Å². The van der Waals surface area contributed by atoms with Gasteiger partial charge >= 0.3 is 0 Å². The normalized spacial score (nSPS) is 15.9. The van der Waals surface area contributed by atoms with Crippen LogP contribution in [-0.2, 0) is 11.3 Å². The van der Waals surface area contributed by atoms with E-state index in [1.54, 1.807) is 0 Å². The van der Waals surface area contributed by atoms with Crippen molar-refractivity contribution in [1.29, 1.82) is 0 Å². The summed E-state index contributed by atoms with van der Waals surface area (Å²) < 4.78 is 0. The molecule has 1 unspecified atom stereocenters. The zero-order valence-electron chi connectivity index (χ0n) is 12.6. The molecular formula is C17H26N2O. The Hall–Kier alpha value is -1.35. The van der Waals surface area contributed by atoms with Gasteiger partial charge in [-0.05, 0) is 31.7 Å². The Morgan fingerprint density at radius 3 is 2.65 bits per heavy atom. The van der Waals surface area contributed by atoms with Gasteiger partial charge in [-0.2, -0.15) is 0 Å². The summed E-state index contributed by atoms with van der Waals surface area (Å²) in [6.07, 6.45) is 4.14. The lowest BCUT2D eigenvalue weighted by atomic mass is 10.1. The van der Waals surface area contributed by atoms with Crippen LogP contribution in [0.1, 0.15) is 45.1 Å². The molecule has 0 heterocycles. The summed E-state index contributed by atoms with van der Waals surface area (Å²) in [5.41, 5.74) is 1.20. The van der Waals surface area contributed by atoms with Crippen LogP contribution in [0.5, 0.6) is 0 Å². The van der Waals surface area contributed by atoms with Crippen molar-refractivity contribution < 1.29 is 4.79 Å². The SMILES string of the molecule is CCC(C)N(Cc1ccccc1)C(=O)CCNC1CC1. The maximum absolute atomic E-state index is 12.4. The number of hydrogen-bond acceptors (Lipinski definition) is 2. The molecule has 1 aromatic carbocycles. The summed E-state index contributed by atoms with van der Waals surface area (Å²) in [6, 6.07) is 11.2. The van der Waals surface area contributed by atoms with Crippen LogP contribution in [0.25, 0.3) is 0 Å². The van der Waals surface area contributed by atoms with Crippen molar-refractivity contribution in [2.75, 3.05) is 6.54 Å². The molecule has 1 aliphatic carbocycles. The number of rotatable bonds is 8. The molecule has 1 atom stereocenters. The standard InChI is InChI=1S/C17H26N2O/c1-3-14(2)19(13-15-7-5-4-6-8-15)17(20)11-12-18-16-9-10-16/h4-8,14,16,18H,3,9-13H2,1-2H3.